The molecule has 27 heavy (non-hydrogen) atoms. The zero-order valence-corrected chi connectivity index (χ0v) is 16.5. The van der Waals surface area contributed by atoms with Gasteiger partial charge in [0.05, 0.1) is 6.54 Å². The molecule has 5 heteroatoms. The molecule has 0 N–H and O–H groups in total. The van der Waals surface area contributed by atoms with Gasteiger partial charge in [0.2, 0.25) is 0 Å². The first kappa shape index (κ1) is 19.6. The lowest BCUT2D eigenvalue weighted by Crippen LogP contribution is -2.37. The van der Waals surface area contributed by atoms with Gasteiger partial charge in [-0.05, 0) is 50.8 Å². The first-order valence-electron chi connectivity index (χ1n) is 9.79. The maximum atomic E-state index is 14.0. The van der Waals surface area contributed by atoms with Gasteiger partial charge < -0.3 is 9.32 Å². The van der Waals surface area contributed by atoms with Crippen molar-refractivity contribution in [2.45, 2.75) is 52.7 Å². The molecule has 4 nitrogen and oxygen atoms in total. The Bertz CT molecular complexity index is 763. The lowest BCUT2D eigenvalue weighted by atomic mass is 9.99. The zero-order valence-electron chi connectivity index (χ0n) is 16.5. The van der Waals surface area contributed by atoms with Crippen LogP contribution in [0.25, 0.3) is 0 Å². The van der Waals surface area contributed by atoms with Crippen LogP contribution in [0.5, 0.6) is 0 Å². The van der Waals surface area contributed by atoms with Gasteiger partial charge in [-0.15, -0.1) is 0 Å². The normalized spacial score (nSPS) is 15.7. The first-order valence-corrected chi connectivity index (χ1v) is 9.79. The molecule has 2 aromatic rings. The molecule has 0 spiro atoms. The van der Waals surface area contributed by atoms with E-state index in [1.807, 2.05) is 17.0 Å². The van der Waals surface area contributed by atoms with Crippen LogP contribution in [0, 0.1) is 11.7 Å². The van der Waals surface area contributed by atoms with Crippen molar-refractivity contribution >= 4 is 5.91 Å². The summed E-state index contributed by atoms with van der Waals surface area (Å²) in [6.07, 6.45) is 2.09. The van der Waals surface area contributed by atoms with Gasteiger partial charge in [-0.1, -0.05) is 25.1 Å². The molecule has 0 bridgehead atoms. The van der Waals surface area contributed by atoms with E-state index in [4.69, 9.17) is 4.42 Å². The van der Waals surface area contributed by atoms with Gasteiger partial charge in [0.15, 0.2) is 5.76 Å². The Kier molecular flexibility index (Phi) is 6.32. The van der Waals surface area contributed by atoms with Crippen molar-refractivity contribution in [1.82, 2.24) is 9.80 Å². The quantitative estimate of drug-likeness (QED) is 0.737. The number of carbonyl (C=O) groups is 1. The third-order valence-electron chi connectivity index (χ3n) is 5.36. The molecule has 0 radical (unpaired) electrons. The highest BCUT2D eigenvalue weighted by Crippen LogP contribution is 2.21. The van der Waals surface area contributed by atoms with Crippen molar-refractivity contribution in [2.75, 3.05) is 13.1 Å². The van der Waals surface area contributed by atoms with Crippen molar-refractivity contribution < 1.29 is 13.6 Å². The van der Waals surface area contributed by atoms with Crippen LogP contribution < -0.4 is 0 Å². The van der Waals surface area contributed by atoms with E-state index in [9.17, 15) is 9.18 Å². The standard InChI is InChI=1S/C22H29FN2O2/c1-16(2)25(14-18-6-4-5-7-20(18)23)15-19-8-9-21(27-19)22(26)24-12-10-17(3)11-13-24/h4-9,16-17H,10-15H2,1-3H3. The summed E-state index contributed by atoms with van der Waals surface area (Å²) in [4.78, 5) is 16.7. The van der Waals surface area contributed by atoms with Gasteiger partial charge in [0.1, 0.15) is 11.6 Å². The minimum atomic E-state index is -0.196. The number of hydrogen-bond donors (Lipinski definition) is 0. The van der Waals surface area contributed by atoms with Crippen LogP contribution in [0.3, 0.4) is 0 Å². The Morgan fingerprint density at radius 3 is 2.56 bits per heavy atom. The topological polar surface area (TPSA) is 36.7 Å². The lowest BCUT2D eigenvalue weighted by molar-refractivity contribution is 0.0660. The molecule has 1 saturated heterocycles. The number of hydrogen-bond acceptors (Lipinski definition) is 3. The summed E-state index contributed by atoms with van der Waals surface area (Å²) >= 11 is 0. The number of furan rings is 1. The second kappa shape index (κ2) is 8.70. The molecule has 1 aliphatic heterocycles. The van der Waals surface area contributed by atoms with E-state index in [1.165, 1.54) is 6.07 Å². The highest BCUT2D eigenvalue weighted by atomic mass is 19.1. The van der Waals surface area contributed by atoms with Gasteiger partial charge in [-0.3, -0.25) is 9.69 Å². The van der Waals surface area contributed by atoms with E-state index in [0.717, 1.165) is 31.7 Å². The van der Waals surface area contributed by atoms with Crippen molar-refractivity contribution in [1.29, 1.82) is 0 Å². The molecule has 1 aromatic carbocycles. The average molecular weight is 372 g/mol. The summed E-state index contributed by atoms with van der Waals surface area (Å²) in [6.45, 7) is 9.00. The molecule has 1 aliphatic rings. The lowest BCUT2D eigenvalue weighted by Gasteiger charge is -2.29. The predicted octanol–water partition coefficient (Wildman–Crippen LogP) is 4.70. The van der Waals surface area contributed by atoms with Gasteiger partial charge in [-0.25, -0.2) is 4.39 Å². The molecule has 146 valence electrons. The summed E-state index contributed by atoms with van der Waals surface area (Å²) < 4.78 is 19.8. The molecular weight excluding hydrogens is 343 g/mol. The Labute approximate surface area is 161 Å². The van der Waals surface area contributed by atoms with Gasteiger partial charge in [0.25, 0.3) is 5.91 Å². The maximum Gasteiger partial charge on any atom is 0.289 e. The van der Waals surface area contributed by atoms with Crippen molar-refractivity contribution in [3.05, 3.63) is 59.3 Å². The summed E-state index contributed by atoms with van der Waals surface area (Å²) in [5.74, 6) is 1.58. The predicted molar refractivity (Wildman–Crippen MR) is 104 cm³/mol. The highest BCUT2D eigenvalue weighted by molar-refractivity contribution is 5.91. The molecule has 0 saturated carbocycles. The summed E-state index contributed by atoms with van der Waals surface area (Å²) in [7, 11) is 0. The first-order chi connectivity index (χ1) is 12.9. The fraction of sp³-hybridized carbons (Fsp3) is 0.500. The zero-order chi connectivity index (χ0) is 19.4. The monoisotopic (exact) mass is 372 g/mol. The van der Waals surface area contributed by atoms with Crippen LogP contribution in [-0.4, -0.2) is 34.8 Å². The van der Waals surface area contributed by atoms with Crippen LogP contribution in [0.1, 0.15) is 55.5 Å². The van der Waals surface area contributed by atoms with E-state index in [-0.39, 0.29) is 17.8 Å². The molecule has 0 unspecified atom stereocenters. The number of halogens is 1. The van der Waals surface area contributed by atoms with E-state index < -0.39 is 0 Å². The maximum absolute atomic E-state index is 14.0. The van der Waals surface area contributed by atoms with Gasteiger partial charge >= 0.3 is 0 Å². The highest BCUT2D eigenvalue weighted by Gasteiger charge is 2.24. The third kappa shape index (κ3) is 4.98. The molecular formula is C22H29FN2O2. The molecule has 1 amide bonds. The number of nitrogens with zero attached hydrogens (tertiary/aromatic N) is 2. The third-order valence-corrected chi connectivity index (χ3v) is 5.36. The van der Waals surface area contributed by atoms with Crippen LogP contribution >= 0.6 is 0 Å². The Hall–Kier alpha value is -2.14. The second-order valence-electron chi connectivity index (χ2n) is 7.83. The van der Waals surface area contributed by atoms with E-state index >= 15 is 0 Å². The molecule has 3 rings (SSSR count). The van der Waals surface area contributed by atoms with Crippen LogP contribution in [0.2, 0.25) is 0 Å². The fourth-order valence-electron chi connectivity index (χ4n) is 3.41. The van der Waals surface area contributed by atoms with Crippen molar-refractivity contribution in [3.8, 4) is 0 Å². The molecule has 0 aliphatic carbocycles. The van der Waals surface area contributed by atoms with E-state index in [2.05, 4.69) is 25.7 Å². The van der Waals surface area contributed by atoms with Crippen molar-refractivity contribution in [2.24, 2.45) is 5.92 Å². The van der Waals surface area contributed by atoms with Crippen LogP contribution in [-0.2, 0) is 13.1 Å². The summed E-state index contributed by atoms with van der Waals surface area (Å²) in [5.41, 5.74) is 0.663. The minimum absolute atomic E-state index is 0.0293. The minimum Gasteiger partial charge on any atom is -0.455 e. The summed E-state index contributed by atoms with van der Waals surface area (Å²) in [5, 5.41) is 0. The van der Waals surface area contributed by atoms with Gasteiger partial charge in [0, 0.05) is 31.2 Å². The number of carbonyl (C=O) groups excluding carboxylic acids is 1. The van der Waals surface area contributed by atoms with E-state index in [0.29, 0.717) is 30.3 Å². The number of amides is 1. The Morgan fingerprint density at radius 2 is 1.89 bits per heavy atom. The molecule has 0 atom stereocenters. The molecule has 1 aromatic heterocycles. The number of likely N-dealkylation sites (tertiary alicyclic amines) is 1. The SMILES string of the molecule is CC1CCN(C(=O)c2ccc(CN(Cc3ccccc3F)C(C)C)o2)CC1. The van der Waals surface area contributed by atoms with E-state index in [1.54, 1.807) is 18.2 Å². The molecule has 2 heterocycles. The largest absolute Gasteiger partial charge is 0.455 e. The smallest absolute Gasteiger partial charge is 0.289 e. The number of piperidine rings is 1. The van der Waals surface area contributed by atoms with Gasteiger partial charge in [-0.2, -0.15) is 0 Å². The fourth-order valence-corrected chi connectivity index (χ4v) is 3.41. The van der Waals surface area contributed by atoms with Crippen LogP contribution in [0.4, 0.5) is 4.39 Å². The van der Waals surface area contributed by atoms with Crippen molar-refractivity contribution in [3.63, 3.8) is 0 Å². The number of rotatable bonds is 6. The summed E-state index contributed by atoms with van der Waals surface area (Å²) in [6, 6.07) is 10.7. The van der Waals surface area contributed by atoms with Crippen LogP contribution in [0.15, 0.2) is 40.8 Å². The average Bonchev–Trinajstić information content (AvgIpc) is 3.11. The Morgan fingerprint density at radius 1 is 1.19 bits per heavy atom. The number of benzene rings is 1. The molecule has 1 fully saturated rings. The second-order valence-corrected chi connectivity index (χ2v) is 7.83. The Balaban J connectivity index is 1.65.